The second-order valence-corrected chi connectivity index (χ2v) is 2.46. The van der Waals surface area contributed by atoms with Crippen LogP contribution in [0.5, 0.6) is 0 Å². The van der Waals surface area contributed by atoms with Crippen LogP contribution in [0.2, 0.25) is 0 Å². The first kappa shape index (κ1) is 9.85. The van der Waals surface area contributed by atoms with Crippen LogP contribution in [0.25, 0.3) is 0 Å². The lowest BCUT2D eigenvalue weighted by atomic mass is 10.3. The van der Waals surface area contributed by atoms with Crippen molar-refractivity contribution in [2.75, 3.05) is 12.3 Å². The highest BCUT2D eigenvalue weighted by molar-refractivity contribution is 5.28. The van der Waals surface area contributed by atoms with Crippen molar-refractivity contribution in [3.05, 3.63) is 23.9 Å². The summed E-state index contributed by atoms with van der Waals surface area (Å²) in [7, 11) is 0. The molecule has 1 heterocycles. The third kappa shape index (κ3) is 3.80. The number of aromatic nitrogens is 1. The van der Waals surface area contributed by atoms with Crippen molar-refractivity contribution in [2.45, 2.75) is 13.0 Å². The van der Waals surface area contributed by atoms with Gasteiger partial charge in [-0.15, -0.1) is 0 Å². The molecule has 0 saturated heterocycles. The fourth-order valence-electron chi connectivity index (χ4n) is 0.831. The van der Waals surface area contributed by atoms with Gasteiger partial charge < -0.3 is 10.5 Å². The van der Waals surface area contributed by atoms with Gasteiger partial charge in [0, 0.05) is 0 Å². The molecule has 1 aromatic heterocycles. The molecular formula is C8H10F2N2O. The minimum absolute atomic E-state index is 0.0649. The average Bonchev–Trinajstić information content (AvgIpc) is 2.03. The Balaban J connectivity index is 2.37. The molecule has 0 saturated carbocycles. The quantitative estimate of drug-likeness (QED) is 0.777. The summed E-state index contributed by atoms with van der Waals surface area (Å²) in [6, 6.07) is 4.99. The molecule has 2 N–H and O–H groups in total. The van der Waals surface area contributed by atoms with E-state index in [0.717, 1.165) is 0 Å². The molecular weight excluding hydrogens is 178 g/mol. The second-order valence-electron chi connectivity index (χ2n) is 2.46. The molecule has 0 aliphatic heterocycles. The maximum absolute atomic E-state index is 11.6. The molecule has 1 aromatic rings. The van der Waals surface area contributed by atoms with E-state index in [0.29, 0.717) is 11.5 Å². The predicted octanol–water partition coefficient (Wildman–Crippen LogP) is 1.45. The van der Waals surface area contributed by atoms with Gasteiger partial charge in [0.15, 0.2) is 0 Å². The van der Waals surface area contributed by atoms with Gasteiger partial charge in [-0.25, -0.2) is 13.8 Å². The monoisotopic (exact) mass is 188 g/mol. The first-order valence-electron chi connectivity index (χ1n) is 3.76. The third-order valence-corrected chi connectivity index (χ3v) is 1.32. The molecule has 0 radical (unpaired) electrons. The highest BCUT2D eigenvalue weighted by atomic mass is 19.3. The molecule has 0 fully saturated rings. The van der Waals surface area contributed by atoms with Crippen LogP contribution in [-0.2, 0) is 11.3 Å². The Morgan fingerprint density at radius 3 is 2.85 bits per heavy atom. The van der Waals surface area contributed by atoms with Gasteiger partial charge >= 0.3 is 0 Å². The predicted molar refractivity (Wildman–Crippen MR) is 44.3 cm³/mol. The molecule has 13 heavy (non-hydrogen) atoms. The van der Waals surface area contributed by atoms with E-state index >= 15 is 0 Å². The number of hydrogen-bond acceptors (Lipinski definition) is 3. The van der Waals surface area contributed by atoms with E-state index < -0.39 is 13.0 Å². The van der Waals surface area contributed by atoms with Crippen LogP contribution >= 0.6 is 0 Å². The normalized spacial score (nSPS) is 10.7. The number of nitrogens with two attached hydrogens (primary N) is 1. The van der Waals surface area contributed by atoms with E-state index in [9.17, 15) is 8.78 Å². The Hall–Kier alpha value is -1.23. The van der Waals surface area contributed by atoms with Gasteiger partial charge in [-0.05, 0) is 12.1 Å². The molecule has 0 aromatic carbocycles. The molecule has 0 amide bonds. The van der Waals surface area contributed by atoms with Crippen molar-refractivity contribution in [2.24, 2.45) is 0 Å². The number of anilines is 1. The van der Waals surface area contributed by atoms with E-state index in [1.807, 2.05) is 0 Å². The van der Waals surface area contributed by atoms with Crippen LogP contribution < -0.4 is 5.73 Å². The molecule has 1 rings (SSSR count). The number of hydrogen-bond donors (Lipinski definition) is 1. The largest absolute Gasteiger partial charge is 0.384 e. The summed E-state index contributed by atoms with van der Waals surface area (Å²) < 4.78 is 28.0. The molecule has 0 atom stereocenters. The van der Waals surface area contributed by atoms with Crippen LogP contribution in [0.15, 0.2) is 18.2 Å². The van der Waals surface area contributed by atoms with E-state index in [2.05, 4.69) is 9.72 Å². The summed E-state index contributed by atoms with van der Waals surface area (Å²) >= 11 is 0. The Kier molecular flexibility index (Phi) is 3.57. The molecule has 72 valence electrons. The van der Waals surface area contributed by atoms with Crippen LogP contribution in [0.4, 0.5) is 14.6 Å². The smallest absolute Gasteiger partial charge is 0.261 e. The maximum Gasteiger partial charge on any atom is 0.261 e. The topological polar surface area (TPSA) is 48.1 Å². The lowest BCUT2D eigenvalue weighted by molar-refractivity contribution is 0.00887. The van der Waals surface area contributed by atoms with Gasteiger partial charge in [-0.3, -0.25) is 0 Å². The molecule has 0 aliphatic rings. The molecule has 5 heteroatoms. The first-order chi connectivity index (χ1) is 6.18. The van der Waals surface area contributed by atoms with Crippen LogP contribution in [-0.4, -0.2) is 18.0 Å². The van der Waals surface area contributed by atoms with Crippen LogP contribution in [0, 0.1) is 0 Å². The number of alkyl halides is 2. The van der Waals surface area contributed by atoms with E-state index in [-0.39, 0.29) is 6.61 Å². The second kappa shape index (κ2) is 4.71. The number of nitrogen functional groups attached to an aromatic ring is 1. The van der Waals surface area contributed by atoms with E-state index in [4.69, 9.17) is 5.73 Å². The zero-order valence-electron chi connectivity index (χ0n) is 6.91. The Morgan fingerprint density at radius 2 is 2.23 bits per heavy atom. The maximum atomic E-state index is 11.6. The summed E-state index contributed by atoms with van der Waals surface area (Å²) in [5, 5.41) is 0. The van der Waals surface area contributed by atoms with Gasteiger partial charge in [0.25, 0.3) is 6.43 Å². The third-order valence-electron chi connectivity index (χ3n) is 1.32. The summed E-state index contributed by atoms with van der Waals surface area (Å²) in [5.74, 6) is 0.359. The van der Waals surface area contributed by atoms with Gasteiger partial charge in [0.1, 0.15) is 12.4 Å². The number of nitrogens with zero attached hydrogens (tertiary/aromatic N) is 1. The lowest BCUT2D eigenvalue weighted by Gasteiger charge is -2.02. The summed E-state index contributed by atoms with van der Waals surface area (Å²) in [6.07, 6.45) is -2.44. The van der Waals surface area contributed by atoms with E-state index in [1.165, 1.54) is 0 Å². The average molecular weight is 188 g/mol. The molecule has 0 bridgehead atoms. The van der Waals surface area contributed by atoms with Crippen molar-refractivity contribution < 1.29 is 13.5 Å². The van der Waals surface area contributed by atoms with Crippen molar-refractivity contribution in [3.63, 3.8) is 0 Å². The molecule has 3 nitrogen and oxygen atoms in total. The minimum atomic E-state index is -2.44. The minimum Gasteiger partial charge on any atom is -0.384 e. The fourth-order valence-corrected chi connectivity index (χ4v) is 0.831. The van der Waals surface area contributed by atoms with Crippen molar-refractivity contribution >= 4 is 5.82 Å². The zero-order chi connectivity index (χ0) is 9.68. The Bertz CT molecular complexity index is 268. The molecule has 0 aliphatic carbocycles. The van der Waals surface area contributed by atoms with Gasteiger partial charge in [0.05, 0.1) is 12.3 Å². The number of pyridine rings is 1. The SMILES string of the molecule is Nc1cccc(COCC(F)F)n1. The van der Waals surface area contributed by atoms with Gasteiger partial charge in [0.2, 0.25) is 0 Å². The highest BCUT2D eigenvalue weighted by Gasteiger charge is 2.02. The zero-order valence-corrected chi connectivity index (χ0v) is 6.91. The Morgan fingerprint density at radius 1 is 1.46 bits per heavy atom. The summed E-state index contributed by atoms with van der Waals surface area (Å²) in [6.45, 7) is -0.508. The van der Waals surface area contributed by atoms with Gasteiger partial charge in [-0.2, -0.15) is 0 Å². The molecule has 0 unspecified atom stereocenters. The fraction of sp³-hybridized carbons (Fsp3) is 0.375. The van der Waals surface area contributed by atoms with E-state index in [1.54, 1.807) is 18.2 Å². The van der Waals surface area contributed by atoms with Crippen LogP contribution in [0.3, 0.4) is 0 Å². The first-order valence-corrected chi connectivity index (χ1v) is 3.76. The summed E-state index contributed by atoms with van der Waals surface area (Å²) in [4.78, 5) is 3.88. The Labute approximate surface area is 74.5 Å². The lowest BCUT2D eigenvalue weighted by Crippen LogP contribution is -2.05. The summed E-state index contributed by atoms with van der Waals surface area (Å²) in [5.41, 5.74) is 5.93. The number of ether oxygens (including phenoxy) is 1. The van der Waals surface area contributed by atoms with Crippen molar-refractivity contribution in [3.8, 4) is 0 Å². The highest BCUT2D eigenvalue weighted by Crippen LogP contribution is 2.03. The number of halogens is 2. The van der Waals surface area contributed by atoms with Crippen molar-refractivity contribution in [1.82, 2.24) is 4.98 Å². The van der Waals surface area contributed by atoms with Gasteiger partial charge in [-0.1, -0.05) is 6.07 Å². The van der Waals surface area contributed by atoms with Crippen molar-refractivity contribution in [1.29, 1.82) is 0 Å². The number of rotatable bonds is 4. The van der Waals surface area contributed by atoms with Crippen LogP contribution in [0.1, 0.15) is 5.69 Å². The standard InChI is InChI=1S/C8H10F2N2O/c9-7(10)5-13-4-6-2-1-3-8(11)12-6/h1-3,7H,4-5H2,(H2,11,12). The molecule has 0 spiro atoms.